The Morgan fingerprint density at radius 1 is 1.43 bits per heavy atom. The molecule has 2 fully saturated rings. The Labute approximate surface area is 85.2 Å². The van der Waals surface area contributed by atoms with E-state index >= 15 is 0 Å². The lowest BCUT2D eigenvalue weighted by Gasteiger charge is -2.17. The molecule has 2 amide bonds. The first kappa shape index (κ1) is 9.77. The van der Waals surface area contributed by atoms with Crippen LogP contribution >= 0.6 is 0 Å². The molecule has 0 aromatic heterocycles. The molecule has 4 nitrogen and oxygen atoms in total. The van der Waals surface area contributed by atoms with Gasteiger partial charge in [0.1, 0.15) is 0 Å². The highest BCUT2D eigenvalue weighted by Gasteiger charge is 2.38. The Balaban J connectivity index is 1.75. The SMILES string of the molecule is CNCCCN1CCN(C2CC2)C1=O. The van der Waals surface area contributed by atoms with E-state index in [1.54, 1.807) is 0 Å². The zero-order valence-corrected chi connectivity index (χ0v) is 8.83. The minimum absolute atomic E-state index is 0.267. The molecule has 4 heteroatoms. The molecule has 2 aliphatic rings. The Hall–Kier alpha value is -0.770. The first-order valence-corrected chi connectivity index (χ1v) is 5.53. The van der Waals surface area contributed by atoms with Gasteiger partial charge in [-0.1, -0.05) is 0 Å². The van der Waals surface area contributed by atoms with Crippen LogP contribution in [0.15, 0.2) is 0 Å². The van der Waals surface area contributed by atoms with Crippen molar-refractivity contribution in [3.8, 4) is 0 Å². The fraction of sp³-hybridized carbons (Fsp3) is 0.900. The van der Waals surface area contributed by atoms with E-state index < -0.39 is 0 Å². The first-order valence-electron chi connectivity index (χ1n) is 5.53. The first-order chi connectivity index (χ1) is 6.83. The minimum Gasteiger partial charge on any atom is -0.323 e. The number of hydrogen-bond acceptors (Lipinski definition) is 2. The van der Waals surface area contributed by atoms with Crippen molar-refractivity contribution in [2.75, 3.05) is 33.2 Å². The molecule has 1 N–H and O–H groups in total. The highest BCUT2D eigenvalue weighted by Crippen LogP contribution is 2.29. The number of rotatable bonds is 5. The van der Waals surface area contributed by atoms with Gasteiger partial charge in [-0.05, 0) is 32.9 Å². The number of carbonyl (C=O) groups is 1. The molecule has 0 aromatic rings. The van der Waals surface area contributed by atoms with Gasteiger partial charge >= 0.3 is 6.03 Å². The summed E-state index contributed by atoms with van der Waals surface area (Å²) in [4.78, 5) is 15.8. The number of urea groups is 1. The largest absolute Gasteiger partial charge is 0.323 e. The normalized spacial score (nSPS) is 22.2. The maximum absolute atomic E-state index is 11.8. The number of carbonyl (C=O) groups excluding carboxylic acids is 1. The van der Waals surface area contributed by atoms with Crippen molar-refractivity contribution in [2.24, 2.45) is 0 Å². The Morgan fingerprint density at radius 3 is 2.86 bits per heavy atom. The van der Waals surface area contributed by atoms with Crippen LogP contribution in [0.25, 0.3) is 0 Å². The highest BCUT2D eigenvalue weighted by atomic mass is 16.2. The average molecular weight is 197 g/mol. The van der Waals surface area contributed by atoms with Crippen LogP contribution < -0.4 is 5.32 Å². The van der Waals surface area contributed by atoms with Crippen molar-refractivity contribution in [2.45, 2.75) is 25.3 Å². The molecule has 0 radical (unpaired) electrons. The van der Waals surface area contributed by atoms with Gasteiger partial charge in [0.2, 0.25) is 0 Å². The van der Waals surface area contributed by atoms with Crippen LogP contribution in [0.5, 0.6) is 0 Å². The molecule has 1 saturated heterocycles. The number of nitrogens with zero attached hydrogens (tertiary/aromatic N) is 2. The summed E-state index contributed by atoms with van der Waals surface area (Å²) in [5.41, 5.74) is 0. The van der Waals surface area contributed by atoms with Crippen molar-refractivity contribution in [1.82, 2.24) is 15.1 Å². The fourth-order valence-corrected chi connectivity index (χ4v) is 1.98. The van der Waals surface area contributed by atoms with Gasteiger partial charge in [-0.3, -0.25) is 0 Å². The average Bonchev–Trinajstić information content (AvgIpc) is 2.95. The highest BCUT2D eigenvalue weighted by molar-refractivity contribution is 5.77. The Bertz CT molecular complexity index is 215. The number of hydrogen-bond donors (Lipinski definition) is 1. The van der Waals surface area contributed by atoms with E-state index in [9.17, 15) is 4.79 Å². The fourth-order valence-electron chi connectivity index (χ4n) is 1.98. The summed E-state index contributed by atoms with van der Waals surface area (Å²) in [7, 11) is 1.95. The molecule has 1 saturated carbocycles. The zero-order chi connectivity index (χ0) is 9.97. The van der Waals surface area contributed by atoms with E-state index in [2.05, 4.69) is 5.32 Å². The second-order valence-corrected chi connectivity index (χ2v) is 4.15. The molecule has 1 aliphatic heterocycles. The van der Waals surface area contributed by atoms with E-state index in [0.717, 1.165) is 32.6 Å². The molecule has 0 bridgehead atoms. The lowest BCUT2D eigenvalue weighted by Crippen LogP contribution is -2.34. The molecule has 0 spiro atoms. The zero-order valence-electron chi connectivity index (χ0n) is 8.83. The molecule has 1 heterocycles. The molecule has 0 unspecified atom stereocenters. The predicted octanol–water partition coefficient (Wildman–Crippen LogP) is 0.496. The maximum Gasteiger partial charge on any atom is 0.320 e. The van der Waals surface area contributed by atoms with Crippen LogP contribution in [0.4, 0.5) is 4.79 Å². The van der Waals surface area contributed by atoms with Crippen LogP contribution in [-0.4, -0.2) is 55.1 Å². The Morgan fingerprint density at radius 2 is 2.21 bits per heavy atom. The van der Waals surface area contributed by atoms with Gasteiger partial charge in [0, 0.05) is 25.7 Å². The molecule has 1 aliphatic carbocycles. The molecular weight excluding hydrogens is 178 g/mol. The summed E-state index contributed by atoms with van der Waals surface area (Å²) in [6, 6.07) is 0.848. The van der Waals surface area contributed by atoms with Gasteiger partial charge in [-0.15, -0.1) is 0 Å². The van der Waals surface area contributed by atoms with Gasteiger partial charge in [-0.25, -0.2) is 4.79 Å². The maximum atomic E-state index is 11.8. The second-order valence-electron chi connectivity index (χ2n) is 4.15. The molecule has 2 rings (SSSR count). The van der Waals surface area contributed by atoms with Gasteiger partial charge < -0.3 is 15.1 Å². The lowest BCUT2D eigenvalue weighted by molar-refractivity contribution is 0.190. The van der Waals surface area contributed by atoms with E-state index in [1.807, 2.05) is 16.8 Å². The van der Waals surface area contributed by atoms with Gasteiger partial charge in [-0.2, -0.15) is 0 Å². The molecular formula is C10H19N3O. The predicted molar refractivity (Wildman–Crippen MR) is 55.2 cm³/mol. The monoisotopic (exact) mass is 197 g/mol. The van der Waals surface area contributed by atoms with E-state index in [-0.39, 0.29) is 6.03 Å². The third-order valence-corrected chi connectivity index (χ3v) is 2.97. The third-order valence-electron chi connectivity index (χ3n) is 2.97. The smallest absolute Gasteiger partial charge is 0.320 e. The van der Waals surface area contributed by atoms with Crippen molar-refractivity contribution < 1.29 is 4.79 Å². The minimum atomic E-state index is 0.267. The summed E-state index contributed by atoms with van der Waals surface area (Å²) < 4.78 is 0. The van der Waals surface area contributed by atoms with Crippen LogP contribution in [0.1, 0.15) is 19.3 Å². The number of nitrogens with one attached hydrogen (secondary N) is 1. The number of amides is 2. The van der Waals surface area contributed by atoms with E-state index in [1.165, 1.54) is 12.8 Å². The van der Waals surface area contributed by atoms with Crippen LogP contribution in [0, 0.1) is 0 Å². The standard InChI is InChI=1S/C10H19N3O/c1-11-5-2-6-12-7-8-13(10(12)14)9-3-4-9/h9,11H,2-8H2,1H3. The van der Waals surface area contributed by atoms with Crippen LogP contribution in [-0.2, 0) is 0 Å². The molecule has 0 aromatic carbocycles. The third kappa shape index (κ3) is 2.00. The topological polar surface area (TPSA) is 35.6 Å². The van der Waals surface area contributed by atoms with Crippen molar-refractivity contribution in [3.05, 3.63) is 0 Å². The molecule has 14 heavy (non-hydrogen) atoms. The summed E-state index contributed by atoms with van der Waals surface area (Å²) in [6.45, 7) is 3.78. The van der Waals surface area contributed by atoms with Gasteiger partial charge in [0.25, 0.3) is 0 Å². The van der Waals surface area contributed by atoms with Crippen molar-refractivity contribution in [3.63, 3.8) is 0 Å². The van der Waals surface area contributed by atoms with Gasteiger partial charge in [0.15, 0.2) is 0 Å². The van der Waals surface area contributed by atoms with Crippen molar-refractivity contribution >= 4 is 6.03 Å². The summed E-state index contributed by atoms with van der Waals surface area (Å²) >= 11 is 0. The summed E-state index contributed by atoms with van der Waals surface area (Å²) in [5.74, 6) is 0. The molecule has 0 atom stereocenters. The second kappa shape index (κ2) is 4.17. The quantitative estimate of drug-likeness (QED) is 0.651. The molecule has 80 valence electrons. The summed E-state index contributed by atoms with van der Waals surface area (Å²) in [6.07, 6.45) is 3.49. The van der Waals surface area contributed by atoms with Crippen LogP contribution in [0.3, 0.4) is 0 Å². The summed E-state index contributed by atoms with van der Waals surface area (Å²) in [5, 5.41) is 3.10. The van der Waals surface area contributed by atoms with Gasteiger partial charge in [0.05, 0.1) is 0 Å². The lowest BCUT2D eigenvalue weighted by atomic mass is 10.4. The van der Waals surface area contributed by atoms with Crippen molar-refractivity contribution in [1.29, 1.82) is 0 Å². The Kier molecular flexibility index (Phi) is 2.91. The van der Waals surface area contributed by atoms with Crippen LogP contribution in [0.2, 0.25) is 0 Å². The van der Waals surface area contributed by atoms with E-state index in [0.29, 0.717) is 6.04 Å². The van der Waals surface area contributed by atoms with E-state index in [4.69, 9.17) is 0 Å².